The Labute approximate surface area is 254 Å². The van der Waals surface area contributed by atoms with Gasteiger partial charge in [-0.2, -0.15) is 10.4 Å². The smallest absolute Gasteiger partial charge is 0.253 e. The molecule has 0 aromatic carbocycles. The fraction of sp³-hybridized carbons (Fsp3) is 0.438. The highest BCUT2D eigenvalue weighted by Crippen LogP contribution is 2.52. The van der Waals surface area contributed by atoms with Crippen molar-refractivity contribution in [3.8, 4) is 29.0 Å². The van der Waals surface area contributed by atoms with Crippen molar-refractivity contribution in [1.29, 1.82) is 5.26 Å². The summed E-state index contributed by atoms with van der Waals surface area (Å²) in [6.45, 7) is 3.43. The Morgan fingerprint density at radius 2 is 1.93 bits per heavy atom. The fourth-order valence-corrected chi connectivity index (χ4v) is 7.41. The van der Waals surface area contributed by atoms with Crippen molar-refractivity contribution in [3.63, 3.8) is 0 Å². The van der Waals surface area contributed by atoms with Crippen LogP contribution in [-0.2, 0) is 0 Å². The highest BCUT2D eigenvalue weighted by Gasteiger charge is 2.55. The maximum Gasteiger partial charge on any atom is 0.253 e. The number of methoxy groups -OCH3 is 1. The minimum Gasteiger partial charge on any atom is -0.489 e. The van der Waals surface area contributed by atoms with Crippen LogP contribution in [0.4, 0.5) is 5.82 Å². The maximum absolute atomic E-state index is 13.2. The van der Waals surface area contributed by atoms with Crippen LogP contribution in [0.3, 0.4) is 0 Å². The number of nitrogens with zero attached hydrogens (tertiary/aromatic N) is 7. The van der Waals surface area contributed by atoms with E-state index < -0.39 is 5.60 Å². The quantitative estimate of drug-likeness (QED) is 0.310. The number of fused-ring (bicyclic) bond motifs is 1. The monoisotopic (exact) mass is 594 g/mol. The van der Waals surface area contributed by atoms with Crippen LogP contribution in [0.5, 0.6) is 11.6 Å². The van der Waals surface area contributed by atoms with Crippen LogP contribution in [0.1, 0.15) is 61.9 Å². The second kappa shape index (κ2) is 10.4. The number of carbonyl (C=O) groups excluding carboxylic acids is 1. The molecule has 2 saturated heterocycles. The second-order valence-electron chi connectivity index (χ2n) is 12.9. The molecular formula is C32H34N8O4. The Kier molecular flexibility index (Phi) is 6.66. The Morgan fingerprint density at radius 1 is 1.14 bits per heavy atom. The van der Waals surface area contributed by atoms with E-state index in [2.05, 4.69) is 26.4 Å². The third-order valence-corrected chi connectivity index (χ3v) is 8.99. The first-order valence-electron chi connectivity index (χ1n) is 14.8. The van der Waals surface area contributed by atoms with Gasteiger partial charge in [0.25, 0.3) is 5.91 Å². The van der Waals surface area contributed by atoms with Crippen molar-refractivity contribution in [3.05, 3.63) is 60.3 Å². The van der Waals surface area contributed by atoms with Gasteiger partial charge in [-0.1, -0.05) is 0 Å². The minimum absolute atomic E-state index is 0.0899. The minimum atomic E-state index is -1.01. The van der Waals surface area contributed by atoms with Gasteiger partial charge in [-0.3, -0.25) is 9.78 Å². The lowest BCUT2D eigenvalue weighted by molar-refractivity contribution is 0.0283. The summed E-state index contributed by atoms with van der Waals surface area (Å²) >= 11 is 0. The third kappa shape index (κ3) is 5.07. The number of nitrogens with one attached hydrogen (secondary N) is 1. The molecule has 12 heteroatoms. The summed E-state index contributed by atoms with van der Waals surface area (Å²) in [5.74, 6) is 2.23. The molecule has 2 saturated carbocycles. The number of aliphatic hydroxyl groups is 1. The van der Waals surface area contributed by atoms with E-state index in [1.165, 1.54) is 6.20 Å². The molecule has 8 rings (SSSR count). The molecule has 2 aliphatic heterocycles. The topological polar surface area (TPSA) is 151 Å². The average molecular weight is 595 g/mol. The SMILES string of the molecule is COc1ccc(C(=O)NC23CC4C[C@H](C2)N(c2cnc(-c5cc(OCC(C)(C)O)cn6ncc(C#N)c56)cn2)[C@@H](C4)C3)cn1. The molecule has 12 nitrogen and oxygen atoms in total. The number of piperidine rings is 2. The number of carbonyl (C=O) groups is 1. The Morgan fingerprint density at radius 3 is 2.57 bits per heavy atom. The van der Waals surface area contributed by atoms with E-state index in [4.69, 9.17) is 19.4 Å². The summed E-state index contributed by atoms with van der Waals surface area (Å²) in [6, 6.07) is 7.97. The van der Waals surface area contributed by atoms with Gasteiger partial charge in [-0.05, 0) is 64.0 Å². The van der Waals surface area contributed by atoms with Crippen molar-refractivity contribution >= 4 is 17.2 Å². The van der Waals surface area contributed by atoms with Gasteiger partial charge in [0, 0.05) is 35.4 Å². The molecule has 4 aromatic rings. The average Bonchev–Trinajstić information content (AvgIpc) is 3.42. The fourth-order valence-electron chi connectivity index (χ4n) is 7.41. The second-order valence-corrected chi connectivity index (χ2v) is 12.9. The summed E-state index contributed by atoms with van der Waals surface area (Å²) < 4.78 is 12.6. The van der Waals surface area contributed by atoms with E-state index in [9.17, 15) is 15.2 Å². The number of pyridine rings is 2. The van der Waals surface area contributed by atoms with Gasteiger partial charge in [0.15, 0.2) is 0 Å². The van der Waals surface area contributed by atoms with E-state index in [0.29, 0.717) is 45.4 Å². The highest BCUT2D eigenvalue weighted by molar-refractivity contribution is 5.94. The van der Waals surface area contributed by atoms with Gasteiger partial charge < -0.3 is 24.8 Å². The molecule has 0 radical (unpaired) electrons. The normalized spacial score (nSPS) is 23.9. The number of hydrogen-bond donors (Lipinski definition) is 2. The van der Waals surface area contributed by atoms with E-state index in [1.54, 1.807) is 68.5 Å². The lowest BCUT2D eigenvalue weighted by Crippen LogP contribution is -2.69. The van der Waals surface area contributed by atoms with Gasteiger partial charge in [0.2, 0.25) is 5.88 Å². The molecule has 4 aliphatic rings. The van der Waals surface area contributed by atoms with Crippen molar-refractivity contribution in [2.75, 3.05) is 18.6 Å². The molecule has 6 heterocycles. The van der Waals surface area contributed by atoms with Gasteiger partial charge >= 0.3 is 0 Å². The number of anilines is 1. The van der Waals surface area contributed by atoms with Crippen LogP contribution < -0.4 is 19.7 Å². The molecule has 4 fully saturated rings. The van der Waals surface area contributed by atoms with Crippen molar-refractivity contribution in [2.45, 2.75) is 69.2 Å². The Bertz CT molecular complexity index is 1740. The molecule has 1 amide bonds. The zero-order valence-electron chi connectivity index (χ0n) is 24.9. The number of hydrogen-bond acceptors (Lipinski definition) is 10. The van der Waals surface area contributed by atoms with Gasteiger partial charge in [-0.15, -0.1) is 0 Å². The highest BCUT2D eigenvalue weighted by atomic mass is 16.5. The molecule has 2 N–H and O–H groups in total. The summed E-state index contributed by atoms with van der Waals surface area (Å²) in [5, 5.41) is 27.6. The van der Waals surface area contributed by atoms with Crippen molar-refractivity contribution in [2.24, 2.45) is 5.92 Å². The van der Waals surface area contributed by atoms with E-state index >= 15 is 0 Å². The first kappa shape index (κ1) is 28.0. The molecule has 226 valence electrons. The summed E-state index contributed by atoms with van der Waals surface area (Å²) in [7, 11) is 1.55. The van der Waals surface area contributed by atoms with Crippen LogP contribution in [0.15, 0.2) is 49.2 Å². The third-order valence-electron chi connectivity index (χ3n) is 8.99. The van der Waals surface area contributed by atoms with Crippen LogP contribution in [0, 0.1) is 17.2 Å². The number of rotatable bonds is 8. The molecule has 4 bridgehead atoms. The van der Waals surface area contributed by atoms with Crippen LogP contribution >= 0.6 is 0 Å². The zero-order chi connectivity index (χ0) is 30.6. The predicted molar refractivity (Wildman–Crippen MR) is 160 cm³/mol. The maximum atomic E-state index is 13.2. The van der Waals surface area contributed by atoms with Gasteiger partial charge in [0.05, 0.1) is 59.8 Å². The first-order valence-corrected chi connectivity index (χ1v) is 14.8. The molecule has 0 spiro atoms. The zero-order valence-corrected chi connectivity index (χ0v) is 24.9. The van der Waals surface area contributed by atoms with Gasteiger partial charge in [-0.25, -0.2) is 14.5 Å². The number of nitriles is 1. The molecule has 4 aromatic heterocycles. The van der Waals surface area contributed by atoms with Crippen LogP contribution in [0.25, 0.3) is 16.8 Å². The molecule has 2 unspecified atom stereocenters. The van der Waals surface area contributed by atoms with E-state index in [-0.39, 0.29) is 30.1 Å². The molecule has 44 heavy (non-hydrogen) atoms. The lowest BCUT2D eigenvalue weighted by Gasteiger charge is -2.62. The summed E-state index contributed by atoms with van der Waals surface area (Å²) in [5.41, 5.74) is 1.56. The summed E-state index contributed by atoms with van der Waals surface area (Å²) in [4.78, 5) is 29.5. The molecule has 2 aliphatic carbocycles. The summed E-state index contributed by atoms with van der Waals surface area (Å²) in [6.07, 6.45) is 13.1. The van der Waals surface area contributed by atoms with Gasteiger partial charge in [0.1, 0.15) is 24.2 Å². The van der Waals surface area contributed by atoms with Crippen LogP contribution in [-0.4, -0.2) is 72.5 Å². The Balaban J connectivity index is 1.13. The van der Waals surface area contributed by atoms with E-state index in [1.807, 2.05) is 0 Å². The van der Waals surface area contributed by atoms with Crippen molar-refractivity contribution < 1.29 is 19.4 Å². The number of ether oxygens (including phenoxy) is 2. The molecule has 4 atom stereocenters. The first-order chi connectivity index (χ1) is 21.1. The van der Waals surface area contributed by atoms with Crippen LogP contribution in [0.2, 0.25) is 0 Å². The predicted octanol–water partition coefficient (Wildman–Crippen LogP) is 3.54. The Hall–Kier alpha value is -4.76. The lowest BCUT2D eigenvalue weighted by atomic mass is 9.59. The molecular weight excluding hydrogens is 560 g/mol. The largest absolute Gasteiger partial charge is 0.489 e. The number of aromatic nitrogens is 5. The van der Waals surface area contributed by atoms with Crippen molar-refractivity contribution in [1.82, 2.24) is 29.9 Å². The van der Waals surface area contributed by atoms with E-state index in [0.717, 1.165) is 37.9 Å². The standard InChI is InChI=1S/C32H34N8O4/c1-31(2,42)18-44-24-8-25(29-21(12-33)14-37-39(29)17-24)26-15-35-27(16-34-26)40-22-6-19-7-23(40)11-32(9-19,10-22)38-30(41)20-4-5-28(43-3)36-13-20/h4-5,8,13-17,19,22-23,42H,6-7,9-11,18H2,1-3H3,(H,38,41)/t19?,22-,23+,32?. The number of amides is 1.